The van der Waals surface area contributed by atoms with Gasteiger partial charge in [-0.1, -0.05) is 255 Å². The molecule has 4 nitrogen and oxygen atoms in total. The average molecular weight is 1310 g/mol. The van der Waals surface area contributed by atoms with Gasteiger partial charge in [0.1, 0.15) is 0 Å². The van der Waals surface area contributed by atoms with E-state index in [2.05, 4.69) is 365 Å². The van der Waals surface area contributed by atoms with Crippen molar-refractivity contribution in [2.24, 2.45) is 0 Å². The van der Waals surface area contributed by atoms with Gasteiger partial charge in [-0.05, 0) is 232 Å². The highest BCUT2D eigenvalue weighted by Crippen LogP contribution is 2.52. The lowest BCUT2D eigenvalue weighted by atomic mass is 9.33. The van der Waals surface area contributed by atoms with E-state index in [9.17, 15) is 0 Å². The number of aromatic nitrogens is 2. The van der Waals surface area contributed by atoms with Gasteiger partial charge in [-0.2, -0.15) is 0 Å². The molecule has 0 fully saturated rings. The Bertz CT molecular complexity index is 5610. The van der Waals surface area contributed by atoms with Gasteiger partial charge in [0.2, 0.25) is 0 Å². The summed E-state index contributed by atoms with van der Waals surface area (Å²) < 4.78 is 5.09. The highest BCUT2D eigenvalue weighted by Gasteiger charge is 2.45. The molecular weight excluding hydrogens is 1220 g/mol. The zero-order chi connectivity index (χ0) is 69.6. The quantitative estimate of drug-likeness (QED) is 0.148. The van der Waals surface area contributed by atoms with Crippen molar-refractivity contribution in [1.29, 1.82) is 0 Å². The van der Waals surface area contributed by atoms with E-state index < -0.39 is 0 Å². The molecule has 18 rings (SSSR count). The second-order valence-corrected chi connectivity index (χ2v) is 34.7. The predicted molar refractivity (Wildman–Crippen MR) is 433 cm³/mol. The Hall–Kier alpha value is -10.1. The summed E-state index contributed by atoms with van der Waals surface area (Å²) in [6.07, 6.45) is 4.72. The lowest BCUT2D eigenvalue weighted by Gasteiger charge is -2.44. The van der Waals surface area contributed by atoms with Crippen LogP contribution in [0, 0.1) is 0 Å². The average Bonchev–Trinajstić information content (AvgIpc) is 1.07. The molecule has 0 radical (unpaired) electrons. The highest BCUT2D eigenvalue weighted by molar-refractivity contribution is 7.00. The van der Waals surface area contributed by atoms with E-state index in [-0.39, 0.29) is 39.2 Å². The van der Waals surface area contributed by atoms with Crippen molar-refractivity contribution in [3.8, 4) is 44.8 Å². The molecule has 0 saturated carbocycles. The Kier molecular flexibility index (Phi) is 13.9. The van der Waals surface area contributed by atoms with Crippen LogP contribution in [-0.4, -0.2) is 15.8 Å². The molecule has 4 aliphatic rings. The predicted octanol–water partition coefficient (Wildman–Crippen LogP) is 24.3. The van der Waals surface area contributed by atoms with Gasteiger partial charge < -0.3 is 18.9 Å². The number of benzene rings is 12. The number of anilines is 6. The van der Waals surface area contributed by atoms with Gasteiger partial charge in [0, 0.05) is 61.4 Å². The van der Waals surface area contributed by atoms with Crippen LogP contribution in [0.2, 0.25) is 0 Å². The Morgan fingerprint density at radius 2 is 0.634 bits per heavy atom. The number of fused-ring (bicyclic) bond motifs is 12. The van der Waals surface area contributed by atoms with Gasteiger partial charge in [0.15, 0.2) is 0 Å². The Morgan fingerprint density at radius 3 is 1.11 bits per heavy atom. The molecule has 498 valence electrons. The summed E-state index contributed by atoms with van der Waals surface area (Å²) in [5.74, 6) is 0. The molecule has 0 N–H and O–H groups in total. The van der Waals surface area contributed by atoms with Crippen molar-refractivity contribution in [2.75, 3.05) is 9.80 Å². The molecule has 2 aliphatic carbocycles. The van der Waals surface area contributed by atoms with Crippen LogP contribution in [-0.2, 0) is 32.5 Å². The van der Waals surface area contributed by atoms with Crippen molar-refractivity contribution in [3.63, 3.8) is 0 Å². The third-order valence-electron chi connectivity index (χ3n) is 24.4. The number of para-hydroxylation sites is 2. The van der Waals surface area contributed by atoms with Crippen LogP contribution < -0.4 is 26.2 Å². The normalized spacial score (nSPS) is 16.3. The molecule has 0 unspecified atom stereocenters. The van der Waals surface area contributed by atoms with Gasteiger partial charge >= 0.3 is 0 Å². The van der Waals surface area contributed by atoms with Gasteiger partial charge in [-0.25, -0.2) is 0 Å². The molecule has 0 amide bonds. The van der Waals surface area contributed by atoms with Crippen LogP contribution in [0.1, 0.15) is 156 Å². The monoisotopic (exact) mass is 1310 g/mol. The van der Waals surface area contributed by atoms with Crippen molar-refractivity contribution in [1.82, 2.24) is 9.13 Å². The number of hydrogen-bond acceptors (Lipinski definition) is 2. The largest absolute Gasteiger partial charge is 0.311 e. The molecule has 2 aromatic heterocycles. The van der Waals surface area contributed by atoms with Crippen LogP contribution in [0.15, 0.2) is 249 Å². The smallest absolute Gasteiger partial charge is 0.252 e. The lowest BCUT2D eigenvalue weighted by Crippen LogP contribution is -2.61. The topological polar surface area (TPSA) is 16.3 Å². The minimum atomic E-state index is -0.143. The summed E-state index contributed by atoms with van der Waals surface area (Å²) in [7, 11) is 0. The first-order valence-corrected chi connectivity index (χ1v) is 37.0. The summed E-state index contributed by atoms with van der Waals surface area (Å²) in [6, 6.07) is 97.1. The highest BCUT2D eigenvalue weighted by atomic mass is 15.2. The van der Waals surface area contributed by atoms with Gasteiger partial charge in [-0.15, -0.1) is 0 Å². The molecule has 0 bridgehead atoms. The fraction of sp³-hybridized carbons (Fsp3) is 0.250. The zero-order valence-electron chi connectivity index (χ0n) is 61.4. The molecule has 2 aliphatic heterocycles. The number of rotatable bonds is 7. The first-order valence-electron chi connectivity index (χ1n) is 37.0. The Morgan fingerprint density at radius 1 is 0.277 bits per heavy atom. The van der Waals surface area contributed by atoms with Gasteiger partial charge in [0.25, 0.3) is 6.71 Å². The van der Waals surface area contributed by atoms with Crippen LogP contribution in [0.3, 0.4) is 0 Å². The van der Waals surface area contributed by atoms with E-state index in [1.165, 1.54) is 158 Å². The zero-order valence-corrected chi connectivity index (χ0v) is 61.4. The van der Waals surface area contributed by atoms with E-state index in [1.54, 1.807) is 0 Å². The summed E-state index contributed by atoms with van der Waals surface area (Å²) in [4.78, 5) is 5.26. The van der Waals surface area contributed by atoms with Crippen molar-refractivity contribution >= 4 is 101 Å². The van der Waals surface area contributed by atoms with E-state index in [0.717, 1.165) is 39.8 Å². The lowest BCUT2D eigenvalue weighted by molar-refractivity contribution is 0.332. The van der Waals surface area contributed by atoms with Crippen molar-refractivity contribution < 1.29 is 0 Å². The van der Waals surface area contributed by atoms with Crippen molar-refractivity contribution in [3.05, 3.63) is 282 Å². The van der Waals surface area contributed by atoms with Crippen LogP contribution in [0.25, 0.3) is 88.4 Å². The fourth-order valence-electron chi connectivity index (χ4n) is 18.2. The molecule has 12 aromatic carbocycles. The summed E-state index contributed by atoms with van der Waals surface area (Å²) >= 11 is 0. The summed E-state index contributed by atoms with van der Waals surface area (Å²) in [5, 5.41) is 5.03. The SMILES string of the molecule is CC(C)(C)c1ccc2c(c1)c1cc(C(C)(C)C)ccc1n2-c1ccc2c(c1)N(c1ccc(-c3ccc4c(c3)C(C)(C)CCC4(C)C)cc1)c1cc(-n3c4ccccc4c4ccccc43)cc3c1B2c1ccc(-c2ccccc2)cc1N3c1ccc(-c2ccc3c(c2)C(C)(C)CCC3(C)C)cc1. The van der Waals surface area contributed by atoms with Crippen molar-refractivity contribution in [2.45, 2.75) is 155 Å². The van der Waals surface area contributed by atoms with E-state index in [1.807, 2.05) is 0 Å². The van der Waals surface area contributed by atoms with Crippen LogP contribution in [0.5, 0.6) is 0 Å². The third-order valence-corrected chi connectivity index (χ3v) is 24.4. The molecule has 0 atom stereocenters. The first-order chi connectivity index (χ1) is 48.3. The fourth-order valence-corrected chi connectivity index (χ4v) is 18.2. The standard InChI is InChI=1S/C96H91BN4/c1-91(2,3)66-35-46-84-74(55-66)75-56-67(92(4,5)6)36-47-85(75)100(84)70-41-45-81-87(57-70)99(69-39-30-62(31-40-69)64-33-43-77-79(53-64)96(13,14)51-49-94(77,9)10)89-59-71(101-82-26-20-18-24-72(82)73-25-19-21-27-83(73)101)58-88-90(89)97(81)80-44-34-65(60-22-16-15-17-23-60)54-86(80)98(88)68-37-28-61(29-38-68)63-32-42-76-78(52-63)95(11,12)50-48-93(76,7)8/h15-47,52-59H,48-51H2,1-14H3. The van der Waals surface area contributed by atoms with Gasteiger partial charge in [-0.3, -0.25) is 0 Å². The molecule has 14 aromatic rings. The van der Waals surface area contributed by atoms with Gasteiger partial charge in [0.05, 0.1) is 27.8 Å². The van der Waals surface area contributed by atoms with E-state index >= 15 is 0 Å². The summed E-state index contributed by atoms with van der Waals surface area (Å²) in [5.41, 5.74) is 34.0. The minimum absolute atomic E-state index is 0.0295. The van der Waals surface area contributed by atoms with E-state index in [0.29, 0.717) is 0 Å². The Labute approximate surface area is 598 Å². The number of hydrogen-bond donors (Lipinski definition) is 0. The second kappa shape index (κ2) is 22.2. The molecule has 101 heavy (non-hydrogen) atoms. The molecule has 4 heterocycles. The summed E-state index contributed by atoms with van der Waals surface area (Å²) in [6.45, 7) is 33.3. The van der Waals surface area contributed by atoms with Crippen LogP contribution in [0.4, 0.5) is 34.1 Å². The molecule has 5 heteroatoms. The molecule has 0 spiro atoms. The third kappa shape index (κ3) is 9.98. The maximum atomic E-state index is 2.64. The first kappa shape index (κ1) is 63.1. The Balaban J connectivity index is 0.915. The minimum Gasteiger partial charge on any atom is -0.311 e. The number of nitrogens with zero attached hydrogens (tertiary/aromatic N) is 4. The molecule has 0 saturated heterocycles. The van der Waals surface area contributed by atoms with Crippen LogP contribution >= 0.6 is 0 Å². The second-order valence-electron chi connectivity index (χ2n) is 34.7. The maximum Gasteiger partial charge on any atom is 0.252 e. The molecular formula is C96H91BN4. The van der Waals surface area contributed by atoms with E-state index in [4.69, 9.17) is 0 Å². The maximum absolute atomic E-state index is 2.64.